The Morgan fingerprint density at radius 1 is 1.00 bits per heavy atom. The number of nitrogens with zero attached hydrogens (tertiary/aromatic N) is 2. The van der Waals surface area contributed by atoms with Crippen molar-refractivity contribution in [1.29, 1.82) is 0 Å². The van der Waals surface area contributed by atoms with Crippen LogP contribution in [0.25, 0.3) is 5.76 Å². The zero-order chi connectivity index (χ0) is 23.7. The summed E-state index contributed by atoms with van der Waals surface area (Å²) >= 11 is 0. The van der Waals surface area contributed by atoms with Crippen LogP contribution in [0.4, 0.5) is 5.69 Å². The Bertz CT molecular complexity index is 1300. The van der Waals surface area contributed by atoms with Gasteiger partial charge in [0.1, 0.15) is 5.76 Å². The number of hydrogen-bond acceptors (Lipinski definition) is 5. The second kappa shape index (κ2) is 8.70. The predicted octanol–water partition coefficient (Wildman–Crippen LogP) is 4.83. The van der Waals surface area contributed by atoms with Crippen LogP contribution in [0.15, 0.2) is 78.4 Å². The molecule has 0 aromatic heterocycles. The highest BCUT2D eigenvalue weighted by atomic mass is 16.6. The fourth-order valence-electron chi connectivity index (χ4n) is 4.11. The third-order valence-electron chi connectivity index (χ3n) is 5.78. The van der Waals surface area contributed by atoms with Gasteiger partial charge in [0, 0.05) is 24.2 Å². The van der Waals surface area contributed by atoms with E-state index in [1.165, 1.54) is 23.1 Å². The molecule has 4 rings (SSSR count). The van der Waals surface area contributed by atoms with Crippen LogP contribution in [0, 0.1) is 24.0 Å². The number of non-ortho nitro benzene ring substituents is 1. The number of benzene rings is 3. The first-order valence-corrected chi connectivity index (χ1v) is 10.4. The number of ketones is 1. The number of likely N-dealkylation sites (tertiary alicyclic amines) is 1. The average molecular weight is 442 g/mol. The molecule has 1 amide bonds. The quantitative estimate of drug-likeness (QED) is 0.200. The highest BCUT2D eigenvalue weighted by Crippen LogP contribution is 2.41. The first-order chi connectivity index (χ1) is 15.8. The van der Waals surface area contributed by atoms with E-state index in [-0.39, 0.29) is 23.6 Å². The molecule has 1 aliphatic rings. The monoisotopic (exact) mass is 442 g/mol. The molecule has 1 unspecified atom stereocenters. The van der Waals surface area contributed by atoms with Gasteiger partial charge in [-0.15, -0.1) is 0 Å². The minimum absolute atomic E-state index is 0.0786. The van der Waals surface area contributed by atoms with E-state index in [0.717, 1.165) is 16.7 Å². The molecule has 7 nitrogen and oxygen atoms in total. The smallest absolute Gasteiger partial charge is 0.295 e. The molecule has 3 aromatic carbocycles. The van der Waals surface area contributed by atoms with Crippen LogP contribution in [0.5, 0.6) is 0 Å². The third-order valence-corrected chi connectivity index (χ3v) is 5.78. The van der Waals surface area contributed by atoms with Crippen molar-refractivity contribution >= 4 is 23.1 Å². The number of nitro groups is 1. The summed E-state index contributed by atoms with van der Waals surface area (Å²) in [7, 11) is 0. The average Bonchev–Trinajstić information content (AvgIpc) is 3.06. The lowest BCUT2D eigenvalue weighted by atomic mass is 9.93. The van der Waals surface area contributed by atoms with Crippen molar-refractivity contribution in [2.45, 2.75) is 26.4 Å². The van der Waals surface area contributed by atoms with Gasteiger partial charge < -0.3 is 10.0 Å². The van der Waals surface area contributed by atoms with E-state index >= 15 is 0 Å². The van der Waals surface area contributed by atoms with Crippen molar-refractivity contribution in [2.75, 3.05) is 0 Å². The summed E-state index contributed by atoms with van der Waals surface area (Å²) in [5.74, 6) is -1.87. The van der Waals surface area contributed by atoms with Crippen LogP contribution in [0.2, 0.25) is 0 Å². The molecule has 1 saturated heterocycles. The lowest BCUT2D eigenvalue weighted by molar-refractivity contribution is -0.384. The number of nitro benzene ring substituents is 1. The standard InChI is InChI=1S/C26H22N2O5/c1-16-11-12-17(2)21(13-16)24(29)22-23(19-9-6-10-20(14-19)28(32)33)27(26(31)25(22)30)15-18-7-4-3-5-8-18/h3-14,23,29H,15H2,1-2H3. The summed E-state index contributed by atoms with van der Waals surface area (Å²) in [5, 5.41) is 22.6. The second-order valence-electron chi connectivity index (χ2n) is 8.08. The van der Waals surface area contributed by atoms with E-state index in [9.17, 15) is 24.8 Å². The number of Topliss-reactive ketones (excluding diaryl/α,β-unsaturated/α-hetero) is 1. The van der Waals surface area contributed by atoms with Crippen molar-refractivity contribution in [1.82, 2.24) is 4.90 Å². The number of aliphatic hydroxyl groups excluding tert-OH is 1. The van der Waals surface area contributed by atoms with Gasteiger partial charge in [-0.25, -0.2) is 0 Å². The Labute approximate surface area is 190 Å². The lowest BCUT2D eigenvalue weighted by Gasteiger charge is -2.25. The molecule has 0 bridgehead atoms. The van der Waals surface area contributed by atoms with Crippen molar-refractivity contribution in [2.24, 2.45) is 0 Å². The van der Waals surface area contributed by atoms with Crippen LogP contribution in [0.3, 0.4) is 0 Å². The van der Waals surface area contributed by atoms with Crippen molar-refractivity contribution < 1.29 is 19.6 Å². The predicted molar refractivity (Wildman–Crippen MR) is 123 cm³/mol. The summed E-state index contributed by atoms with van der Waals surface area (Å²) in [6.45, 7) is 3.78. The van der Waals surface area contributed by atoms with Crippen LogP contribution >= 0.6 is 0 Å². The molecule has 166 valence electrons. The molecule has 0 saturated carbocycles. The minimum Gasteiger partial charge on any atom is -0.507 e. The van der Waals surface area contributed by atoms with Gasteiger partial charge in [0.15, 0.2) is 0 Å². The molecular weight excluding hydrogens is 420 g/mol. The summed E-state index contributed by atoms with van der Waals surface area (Å²) in [4.78, 5) is 38.5. The number of carbonyl (C=O) groups is 2. The first-order valence-electron chi connectivity index (χ1n) is 10.4. The molecule has 0 spiro atoms. The molecule has 0 radical (unpaired) electrons. The summed E-state index contributed by atoms with van der Waals surface area (Å²) in [6.07, 6.45) is 0. The Hall–Kier alpha value is -4.26. The van der Waals surface area contributed by atoms with Gasteiger partial charge in [0.25, 0.3) is 17.4 Å². The van der Waals surface area contributed by atoms with Crippen LogP contribution < -0.4 is 0 Å². The van der Waals surface area contributed by atoms with Crippen molar-refractivity contribution in [3.63, 3.8) is 0 Å². The van der Waals surface area contributed by atoms with Gasteiger partial charge in [-0.2, -0.15) is 0 Å². The van der Waals surface area contributed by atoms with Crippen LogP contribution in [0.1, 0.15) is 33.9 Å². The molecule has 1 aliphatic heterocycles. The fourth-order valence-corrected chi connectivity index (χ4v) is 4.11. The zero-order valence-corrected chi connectivity index (χ0v) is 18.2. The van der Waals surface area contributed by atoms with Gasteiger partial charge in [-0.1, -0.05) is 60.2 Å². The third kappa shape index (κ3) is 4.13. The second-order valence-corrected chi connectivity index (χ2v) is 8.08. The largest absolute Gasteiger partial charge is 0.507 e. The van der Waals surface area contributed by atoms with Gasteiger partial charge >= 0.3 is 0 Å². The number of aliphatic hydroxyl groups is 1. The van der Waals surface area contributed by atoms with Gasteiger partial charge in [0.2, 0.25) is 0 Å². The maximum absolute atomic E-state index is 13.2. The molecule has 3 aromatic rings. The first kappa shape index (κ1) is 22.0. The summed E-state index contributed by atoms with van der Waals surface area (Å²) in [5.41, 5.74) is 3.00. The SMILES string of the molecule is Cc1ccc(C)c(C(O)=C2C(=O)C(=O)N(Cc3ccccc3)C2c2cccc([N+](=O)[O-])c2)c1. The molecule has 33 heavy (non-hydrogen) atoms. The van der Waals surface area contributed by atoms with E-state index in [4.69, 9.17) is 0 Å². The Balaban J connectivity index is 1.93. The molecule has 1 atom stereocenters. The number of carbonyl (C=O) groups excluding carboxylic acids is 2. The van der Waals surface area contributed by atoms with Crippen molar-refractivity contribution in [3.8, 4) is 0 Å². The summed E-state index contributed by atoms with van der Waals surface area (Å²) in [6, 6.07) is 19.5. The Morgan fingerprint density at radius 3 is 2.42 bits per heavy atom. The zero-order valence-electron chi connectivity index (χ0n) is 18.2. The van der Waals surface area contributed by atoms with E-state index in [2.05, 4.69) is 0 Å². The molecule has 0 aliphatic carbocycles. The number of aryl methyl sites for hydroxylation is 2. The fraction of sp³-hybridized carbons (Fsp3) is 0.154. The van der Waals surface area contributed by atoms with Gasteiger partial charge in [-0.3, -0.25) is 19.7 Å². The maximum atomic E-state index is 13.2. The maximum Gasteiger partial charge on any atom is 0.295 e. The van der Waals surface area contributed by atoms with E-state index in [1.54, 1.807) is 19.1 Å². The normalized spacial score (nSPS) is 17.4. The molecule has 1 fully saturated rings. The van der Waals surface area contributed by atoms with Gasteiger partial charge in [-0.05, 0) is 36.6 Å². The topological polar surface area (TPSA) is 101 Å². The summed E-state index contributed by atoms with van der Waals surface area (Å²) < 4.78 is 0. The molecule has 1 heterocycles. The number of amides is 1. The van der Waals surface area contributed by atoms with E-state index < -0.39 is 22.7 Å². The van der Waals surface area contributed by atoms with Crippen molar-refractivity contribution in [3.05, 3.63) is 116 Å². The number of hydrogen-bond donors (Lipinski definition) is 1. The molecule has 1 N–H and O–H groups in total. The molecule has 7 heteroatoms. The van der Waals surface area contributed by atoms with Crippen LogP contribution in [-0.2, 0) is 16.1 Å². The van der Waals surface area contributed by atoms with Gasteiger partial charge in [0.05, 0.1) is 16.5 Å². The van der Waals surface area contributed by atoms with E-state index in [1.807, 2.05) is 49.4 Å². The Morgan fingerprint density at radius 2 is 1.73 bits per heavy atom. The van der Waals surface area contributed by atoms with Crippen LogP contribution in [-0.4, -0.2) is 26.6 Å². The number of rotatable bonds is 5. The lowest BCUT2D eigenvalue weighted by Crippen LogP contribution is -2.29. The van der Waals surface area contributed by atoms with E-state index in [0.29, 0.717) is 11.1 Å². The minimum atomic E-state index is -0.968. The highest BCUT2D eigenvalue weighted by Gasteiger charge is 2.46. The Kier molecular flexibility index (Phi) is 5.79. The highest BCUT2D eigenvalue weighted by molar-refractivity contribution is 6.46. The molecular formula is C26H22N2O5.